The smallest absolute Gasteiger partial charge is 0.237 e. The average molecular weight is 464 g/mol. The van der Waals surface area contributed by atoms with E-state index in [2.05, 4.69) is 15.5 Å². The van der Waals surface area contributed by atoms with E-state index < -0.39 is 41.3 Å². The van der Waals surface area contributed by atoms with E-state index in [9.17, 15) is 20.1 Å². The van der Waals surface area contributed by atoms with Crippen LogP contribution >= 0.6 is 23.4 Å². The summed E-state index contributed by atoms with van der Waals surface area (Å²) in [5, 5.41) is 36.3. The van der Waals surface area contributed by atoms with Gasteiger partial charge < -0.3 is 35.5 Å². The molecule has 30 heavy (non-hydrogen) atoms. The highest BCUT2D eigenvalue weighted by Crippen LogP contribution is 2.30. The Labute approximate surface area is 187 Å². The number of halogens is 1. The molecular weight excluding hydrogens is 430 g/mol. The Morgan fingerprint density at radius 3 is 2.67 bits per heavy atom. The van der Waals surface area contributed by atoms with Crippen LogP contribution in [-0.2, 0) is 9.53 Å². The van der Waals surface area contributed by atoms with Crippen LogP contribution in [0.5, 0.6) is 0 Å². The Hall–Kier alpha value is -0.600. The van der Waals surface area contributed by atoms with Crippen molar-refractivity contribution in [3.8, 4) is 0 Å². The Kier molecular flexibility index (Phi) is 10.6. The minimum atomic E-state index is -1.39. The van der Waals surface area contributed by atoms with Crippen LogP contribution in [0.25, 0.3) is 4.85 Å². The predicted molar refractivity (Wildman–Crippen MR) is 117 cm³/mol. The van der Waals surface area contributed by atoms with E-state index in [1.54, 1.807) is 13.2 Å². The van der Waals surface area contributed by atoms with E-state index in [0.29, 0.717) is 18.9 Å². The van der Waals surface area contributed by atoms with Crippen LogP contribution in [0.1, 0.15) is 39.0 Å². The molecule has 0 spiro atoms. The maximum atomic E-state index is 13.0. The van der Waals surface area contributed by atoms with E-state index >= 15 is 0 Å². The van der Waals surface area contributed by atoms with Gasteiger partial charge in [-0.15, -0.1) is 23.4 Å². The molecule has 0 radical (unpaired) electrons. The quantitative estimate of drug-likeness (QED) is 0.205. The summed E-state index contributed by atoms with van der Waals surface area (Å²) in [6, 6.07) is -1.10. The standard InChI is InChI=1S/C20H34ClN3O5S/c1-11(21)14(18-16(26)15(25)17(27)20(29-18)30-3)24-19(28)13-7-6-12(8-10-23-13)5-4-9-22-2/h11-18,20,23,25-27H,4-10H2,1,3H3,(H,24,28)/t11-,12-,13-,14+,15-,16+,17+,18+,20+/m0/s1. The molecule has 0 aromatic heterocycles. The number of carbonyl (C=O) groups excluding carboxylic acids is 1. The van der Waals surface area contributed by atoms with Gasteiger partial charge in [0.1, 0.15) is 29.9 Å². The normalized spacial score (nSPS) is 36.9. The summed E-state index contributed by atoms with van der Waals surface area (Å²) >= 11 is 7.55. The number of thioether (sulfide) groups is 1. The zero-order valence-electron chi connectivity index (χ0n) is 17.5. The van der Waals surface area contributed by atoms with Gasteiger partial charge in [-0.05, 0) is 51.3 Å². The minimum Gasteiger partial charge on any atom is -0.388 e. The zero-order chi connectivity index (χ0) is 22.3. The number of nitrogens with one attached hydrogen (secondary N) is 2. The molecule has 10 heteroatoms. The third-order valence-electron chi connectivity index (χ3n) is 6.00. The lowest BCUT2D eigenvalue weighted by Crippen LogP contribution is -2.65. The molecule has 2 fully saturated rings. The van der Waals surface area contributed by atoms with E-state index in [1.165, 1.54) is 11.8 Å². The summed E-state index contributed by atoms with van der Waals surface area (Å²) in [7, 11) is 0. The van der Waals surface area contributed by atoms with Crippen molar-refractivity contribution in [1.82, 2.24) is 10.6 Å². The molecule has 2 heterocycles. The van der Waals surface area contributed by atoms with Crippen molar-refractivity contribution in [3.63, 3.8) is 0 Å². The fourth-order valence-electron chi connectivity index (χ4n) is 4.17. The molecule has 2 saturated heterocycles. The fraction of sp³-hybridized carbons (Fsp3) is 0.900. The number of rotatable bonds is 8. The van der Waals surface area contributed by atoms with Gasteiger partial charge in [0.25, 0.3) is 0 Å². The maximum absolute atomic E-state index is 13.0. The first-order valence-corrected chi connectivity index (χ1v) is 12.3. The second-order valence-electron chi connectivity index (χ2n) is 8.15. The Balaban J connectivity index is 1.99. The molecule has 0 saturated carbocycles. The second kappa shape index (κ2) is 12.4. The number of aliphatic hydroxyl groups excluding tert-OH is 3. The molecule has 0 aliphatic carbocycles. The number of ether oxygens (including phenoxy) is 1. The van der Waals surface area contributed by atoms with Crippen LogP contribution in [0.3, 0.4) is 0 Å². The zero-order valence-corrected chi connectivity index (χ0v) is 19.1. The van der Waals surface area contributed by atoms with Gasteiger partial charge in [0.15, 0.2) is 0 Å². The molecule has 0 aromatic rings. The number of nitrogens with zero attached hydrogens (tertiary/aromatic N) is 1. The Morgan fingerprint density at radius 1 is 1.30 bits per heavy atom. The lowest BCUT2D eigenvalue weighted by Gasteiger charge is -2.44. The van der Waals surface area contributed by atoms with Crippen molar-refractivity contribution in [2.75, 3.05) is 19.3 Å². The molecule has 0 aromatic carbocycles. The van der Waals surface area contributed by atoms with Gasteiger partial charge in [-0.1, -0.05) is 0 Å². The van der Waals surface area contributed by atoms with Gasteiger partial charge in [0.2, 0.25) is 12.5 Å². The summed E-state index contributed by atoms with van der Waals surface area (Å²) in [4.78, 5) is 16.4. The van der Waals surface area contributed by atoms with E-state index in [4.69, 9.17) is 22.9 Å². The topological polar surface area (TPSA) is 115 Å². The number of amides is 1. The van der Waals surface area contributed by atoms with E-state index in [-0.39, 0.29) is 11.9 Å². The van der Waals surface area contributed by atoms with Crippen molar-refractivity contribution >= 4 is 29.3 Å². The second-order valence-corrected chi connectivity index (χ2v) is 9.78. The van der Waals surface area contributed by atoms with Crippen molar-refractivity contribution in [3.05, 3.63) is 11.4 Å². The fourth-order valence-corrected chi connectivity index (χ4v) is 5.06. The van der Waals surface area contributed by atoms with Crippen LogP contribution in [-0.4, -0.2) is 87.9 Å². The van der Waals surface area contributed by atoms with E-state index in [1.807, 2.05) is 0 Å². The number of alkyl halides is 1. The van der Waals surface area contributed by atoms with Crippen LogP contribution in [0.4, 0.5) is 0 Å². The lowest BCUT2D eigenvalue weighted by atomic mass is 9.92. The van der Waals surface area contributed by atoms with Gasteiger partial charge >= 0.3 is 0 Å². The molecule has 2 aliphatic rings. The Bertz CT molecular complexity index is 591. The number of aliphatic hydroxyl groups is 3. The lowest BCUT2D eigenvalue weighted by molar-refractivity contribution is -0.205. The average Bonchev–Trinajstić information content (AvgIpc) is 2.97. The summed E-state index contributed by atoms with van der Waals surface area (Å²) in [5.74, 6) is 0.286. The van der Waals surface area contributed by atoms with Crippen molar-refractivity contribution in [1.29, 1.82) is 0 Å². The van der Waals surface area contributed by atoms with Gasteiger partial charge in [0, 0.05) is 6.42 Å². The van der Waals surface area contributed by atoms with Crippen LogP contribution in [0.15, 0.2) is 0 Å². The molecule has 2 rings (SSSR count). The molecule has 1 amide bonds. The van der Waals surface area contributed by atoms with Crippen molar-refractivity contribution < 1.29 is 24.9 Å². The molecule has 172 valence electrons. The molecule has 0 bridgehead atoms. The predicted octanol–water partition coefficient (Wildman–Crippen LogP) is 0.727. The summed E-state index contributed by atoms with van der Waals surface area (Å²) in [6.07, 6.45) is 1.26. The number of carbonyl (C=O) groups is 1. The highest BCUT2D eigenvalue weighted by Gasteiger charge is 2.48. The monoisotopic (exact) mass is 463 g/mol. The third kappa shape index (κ3) is 6.70. The number of hydrogen-bond acceptors (Lipinski definition) is 7. The minimum absolute atomic E-state index is 0.216. The molecular formula is C20H34ClN3O5S. The Morgan fingerprint density at radius 2 is 2.03 bits per heavy atom. The number of hydrogen-bond donors (Lipinski definition) is 5. The maximum Gasteiger partial charge on any atom is 0.237 e. The molecule has 5 N–H and O–H groups in total. The first-order valence-electron chi connectivity index (χ1n) is 10.5. The van der Waals surface area contributed by atoms with E-state index in [0.717, 1.165) is 32.2 Å². The third-order valence-corrected chi connectivity index (χ3v) is 7.13. The molecule has 8 nitrogen and oxygen atoms in total. The van der Waals surface area contributed by atoms with Crippen molar-refractivity contribution in [2.24, 2.45) is 5.92 Å². The van der Waals surface area contributed by atoms with Gasteiger partial charge in [-0.3, -0.25) is 4.79 Å². The van der Waals surface area contributed by atoms with Crippen molar-refractivity contribution in [2.45, 2.75) is 86.3 Å². The summed E-state index contributed by atoms with van der Waals surface area (Å²) < 4.78 is 5.80. The summed E-state index contributed by atoms with van der Waals surface area (Å²) in [6.45, 7) is 9.86. The molecule has 0 unspecified atom stereocenters. The first kappa shape index (κ1) is 25.7. The molecule has 9 atom stereocenters. The largest absolute Gasteiger partial charge is 0.388 e. The SMILES string of the molecule is [C-]#[N+]CCC[C@@H]1CCN[C@H](C(=O)N[C@@H]([C@H]2O[C@H](SC)[C@H](O)[C@@H](O)[C@H]2O)[C@H](C)Cl)CC1. The van der Waals surface area contributed by atoms with Gasteiger partial charge in [-0.2, -0.15) is 0 Å². The van der Waals surface area contributed by atoms with Gasteiger partial charge in [-0.25, -0.2) is 6.57 Å². The van der Waals surface area contributed by atoms with Crippen LogP contribution < -0.4 is 10.6 Å². The molecule has 2 aliphatic heterocycles. The van der Waals surface area contributed by atoms with Gasteiger partial charge in [0.05, 0.1) is 17.5 Å². The van der Waals surface area contributed by atoms with Crippen LogP contribution in [0, 0.1) is 12.5 Å². The highest BCUT2D eigenvalue weighted by molar-refractivity contribution is 7.99. The highest BCUT2D eigenvalue weighted by atomic mass is 35.5. The summed E-state index contributed by atoms with van der Waals surface area (Å²) in [5.41, 5.74) is -0.726. The van der Waals surface area contributed by atoms with Crippen LogP contribution in [0.2, 0.25) is 0 Å². The first-order chi connectivity index (χ1) is 14.3.